The third kappa shape index (κ3) is 4.31. The molecule has 2 aromatic rings. The molecule has 0 saturated carbocycles. The van der Waals surface area contributed by atoms with Crippen LogP contribution in [-0.4, -0.2) is 17.7 Å². The highest BCUT2D eigenvalue weighted by Crippen LogP contribution is 2.14. The van der Waals surface area contributed by atoms with E-state index in [2.05, 4.69) is 15.6 Å². The number of nitrogens with one attached hydrogen (secondary N) is 1. The Hall–Kier alpha value is -2.37. The summed E-state index contributed by atoms with van der Waals surface area (Å²) in [6.45, 7) is 0. The summed E-state index contributed by atoms with van der Waals surface area (Å²) in [6, 6.07) is 13.3. The van der Waals surface area contributed by atoms with Crippen LogP contribution in [0, 0.1) is 0 Å². The first-order valence-corrected chi connectivity index (χ1v) is 6.98. The van der Waals surface area contributed by atoms with Crippen molar-refractivity contribution in [3.63, 3.8) is 0 Å². The summed E-state index contributed by atoms with van der Waals surface area (Å²) >= 11 is 11.6. The van der Waals surface area contributed by atoms with Gasteiger partial charge in [0.1, 0.15) is 0 Å². The Kier molecular flexibility index (Phi) is 5.52. The summed E-state index contributed by atoms with van der Waals surface area (Å²) in [7, 11) is 0. The molecular formula is C15H12Cl2N4O. The molecule has 0 atom stereocenters. The molecule has 0 spiro atoms. The number of carbonyl (C=O) groups is 1. The quantitative estimate of drug-likeness (QED) is 0.379. The molecule has 2 rings (SSSR count). The number of carbonyl (C=O) groups excluding carboxylic acids is 1. The van der Waals surface area contributed by atoms with Crippen LogP contribution < -0.4 is 11.3 Å². The minimum Gasteiger partial charge on any atom is -0.323 e. The van der Waals surface area contributed by atoms with Crippen LogP contribution >= 0.6 is 23.2 Å². The van der Waals surface area contributed by atoms with Crippen molar-refractivity contribution in [2.75, 3.05) is 5.43 Å². The predicted octanol–water partition coefficient (Wildman–Crippen LogP) is 3.59. The fourth-order valence-electron chi connectivity index (χ4n) is 1.61. The Morgan fingerprint density at radius 2 is 1.55 bits per heavy atom. The van der Waals surface area contributed by atoms with Gasteiger partial charge in [-0.1, -0.05) is 23.2 Å². The maximum Gasteiger partial charge on any atom is 0.214 e. The third-order valence-electron chi connectivity index (χ3n) is 2.69. The molecule has 0 heterocycles. The summed E-state index contributed by atoms with van der Waals surface area (Å²) in [6.07, 6.45) is 1.18. The Morgan fingerprint density at radius 1 is 1.00 bits per heavy atom. The number of hydrogen-bond donors (Lipinski definition) is 2. The first-order valence-electron chi connectivity index (χ1n) is 6.23. The van der Waals surface area contributed by atoms with Crippen LogP contribution in [0.25, 0.3) is 0 Å². The van der Waals surface area contributed by atoms with E-state index in [4.69, 9.17) is 29.0 Å². The molecule has 22 heavy (non-hydrogen) atoms. The van der Waals surface area contributed by atoms with Gasteiger partial charge >= 0.3 is 0 Å². The number of ketones is 1. The Bertz CT molecular complexity index is 709. The number of halogens is 2. The van der Waals surface area contributed by atoms with Gasteiger partial charge < -0.3 is 5.84 Å². The molecule has 0 aliphatic heterocycles. The average molecular weight is 335 g/mol. The summed E-state index contributed by atoms with van der Waals surface area (Å²) in [5, 5.41) is 8.54. The van der Waals surface area contributed by atoms with E-state index in [0.29, 0.717) is 21.3 Å². The van der Waals surface area contributed by atoms with Crippen molar-refractivity contribution in [3.8, 4) is 0 Å². The number of hydrogen-bond acceptors (Lipinski definition) is 5. The molecular weight excluding hydrogens is 323 g/mol. The number of hydrazone groups is 2. The fourth-order valence-corrected chi connectivity index (χ4v) is 1.86. The molecule has 2 aromatic carbocycles. The highest BCUT2D eigenvalue weighted by atomic mass is 35.5. The lowest BCUT2D eigenvalue weighted by Gasteiger charge is -2.04. The Labute approximate surface area is 137 Å². The van der Waals surface area contributed by atoms with Crippen LogP contribution in [0.5, 0.6) is 0 Å². The normalized spacial score (nSPS) is 11.6. The topological polar surface area (TPSA) is 79.8 Å². The molecule has 7 heteroatoms. The molecule has 3 N–H and O–H groups in total. The maximum atomic E-state index is 12.3. The number of nitrogens with zero attached hydrogens (tertiary/aromatic N) is 2. The Balaban J connectivity index is 2.21. The van der Waals surface area contributed by atoms with Gasteiger partial charge in [0.15, 0.2) is 5.71 Å². The molecule has 0 aromatic heterocycles. The molecule has 0 aliphatic rings. The second-order valence-electron chi connectivity index (χ2n) is 4.23. The first kappa shape index (κ1) is 16.0. The van der Waals surface area contributed by atoms with Gasteiger partial charge in [0.25, 0.3) is 0 Å². The van der Waals surface area contributed by atoms with E-state index in [1.807, 2.05) is 0 Å². The molecule has 0 unspecified atom stereocenters. The van der Waals surface area contributed by atoms with E-state index >= 15 is 0 Å². The second kappa shape index (κ2) is 7.59. The van der Waals surface area contributed by atoms with Crippen LogP contribution in [0.2, 0.25) is 10.0 Å². The fraction of sp³-hybridized carbons (Fsp3) is 0. The summed E-state index contributed by atoms with van der Waals surface area (Å²) < 4.78 is 0. The molecule has 0 saturated heterocycles. The van der Waals surface area contributed by atoms with Crippen molar-refractivity contribution >= 4 is 46.6 Å². The van der Waals surface area contributed by atoms with Crippen LogP contribution in [0.1, 0.15) is 10.4 Å². The zero-order valence-corrected chi connectivity index (χ0v) is 12.8. The van der Waals surface area contributed by atoms with E-state index in [1.165, 1.54) is 6.21 Å². The van der Waals surface area contributed by atoms with E-state index in [-0.39, 0.29) is 11.5 Å². The van der Waals surface area contributed by atoms with Gasteiger partial charge in [-0.25, -0.2) is 0 Å². The largest absolute Gasteiger partial charge is 0.323 e. The van der Waals surface area contributed by atoms with E-state index in [9.17, 15) is 4.79 Å². The summed E-state index contributed by atoms with van der Waals surface area (Å²) in [4.78, 5) is 12.3. The minimum absolute atomic E-state index is 0.0692. The number of benzene rings is 2. The van der Waals surface area contributed by atoms with Crippen molar-refractivity contribution in [3.05, 3.63) is 64.1 Å². The lowest BCUT2D eigenvalue weighted by atomic mass is 10.1. The predicted molar refractivity (Wildman–Crippen MR) is 91.0 cm³/mol. The molecule has 5 nitrogen and oxygen atoms in total. The van der Waals surface area contributed by atoms with Gasteiger partial charge in [-0.3, -0.25) is 10.2 Å². The molecule has 0 fully saturated rings. The lowest BCUT2D eigenvalue weighted by Crippen LogP contribution is -2.18. The van der Waals surface area contributed by atoms with Crippen LogP contribution in [0.3, 0.4) is 0 Å². The zero-order valence-electron chi connectivity index (χ0n) is 11.3. The van der Waals surface area contributed by atoms with Crippen molar-refractivity contribution < 1.29 is 4.79 Å². The summed E-state index contributed by atoms with van der Waals surface area (Å²) in [5.74, 6) is 4.80. The minimum atomic E-state index is -0.327. The second-order valence-corrected chi connectivity index (χ2v) is 5.10. The SMILES string of the molecule is N/N=C\C(=N/Nc1ccc(Cl)cc1)C(=O)c1ccc(Cl)cc1. The lowest BCUT2D eigenvalue weighted by molar-refractivity contribution is 0.106. The molecule has 0 amide bonds. The highest BCUT2D eigenvalue weighted by molar-refractivity contribution is 6.64. The average Bonchev–Trinajstić information content (AvgIpc) is 2.53. The summed E-state index contributed by atoms with van der Waals surface area (Å²) in [5.41, 5.74) is 3.93. The molecule has 0 radical (unpaired) electrons. The van der Waals surface area contributed by atoms with Gasteiger partial charge in [-0.2, -0.15) is 10.2 Å². The first-order chi connectivity index (χ1) is 10.6. The molecule has 112 valence electrons. The molecule has 0 aliphatic carbocycles. The van der Waals surface area contributed by atoms with Gasteiger partial charge in [-0.15, -0.1) is 0 Å². The van der Waals surface area contributed by atoms with Crippen LogP contribution in [0.4, 0.5) is 5.69 Å². The zero-order chi connectivity index (χ0) is 15.9. The van der Waals surface area contributed by atoms with Crippen molar-refractivity contribution in [2.45, 2.75) is 0 Å². The van der Waals surface area contributed by atoms with Gasteiger partial charge in [0, 0.05) is 15.6 Å². The van der Waals surface area contributed by atoms with Crippen LogP contribution in [-0.2, 0) is 0 Å². The van der Waals surface area contributed by atoms with Crippen molar-refractivity contribution in [1.82, 2.24) is 0 Å². The Morgan fingerprint density at radius 3 is 2.09 bits per heavy atom. The number of rotatable bonds is 5. The number of Topliss-reactive ketones (excluding diaryl/α,β-unsaturated/α-hetero) is 1. The highest BCUT2D eigenvalue weighted by Gasteiger charge is 2.12. The van der Waals surface area contributed by atoms with Crippen molar-refractivity contribution in [2.24, 2.45) is 16.0 Å². The van der Waals surface area contributed by atoms with Gasteiger partial charge in [0.2, 0.25) is 5.78 Å². The molecule has 0 bridgehead atoms. The monoisotopic (exact) mass is 334 g/mol. The third-order valence-corrected chi connectivity index (χ3v) is 3.19. The number of nitrogens with two attached hydrogens (primary N) is 1. The van der Waals surface area contributed by atoms with E-state index in [1.54, 1.807) is 48.5 Å². The van der Waals surface area contributed by atoms with Crippen LogP contribution in [0.15, 0.2) is 58.7 Å². The van der Waals surface area contributed by atoms with Gasteiger partial charge in [-0.05, 0) is 48.5 Å². The van der Waals surface area contributed by atoms with E-state index < -0.39 is 0 Å². The van der Waals surface area contributed by atoms with E-state index in [0.717, 1.165) is 0 Å². The van der Waals surface area contributed by atoms with Gasteiger partial charge in [0.05, 0.1) is 11.9 Å². The smallest absolute Gasteiger partial charge is 0.214 e. The van der Waals surface area contributed by atoms with Crippen molar-refractivity contribution in [1.29, 1.82) is 0 Å². The standard InChI is InChI=1S/C15H12Cl2N4O/c16-11-3-1-10(2-4-11)15(22)14(9-19-18)21-20-13-7-5-12(17)6-8-13/h1-9,20H,18H2/b19-9-,21-14+. The maximum absolute atomic E-state index is 12.3. The number of anilines is 1.